The minimum Gasteiger partial charge on any atom is -0.134 e. The number of thiophene rings is 8. The van der Waals surface area contributed by atoms with E-state index in [0.717, 1.165) is 38.5 Å². The highest BCUT2D eigenvalue weighted by Crippen LogP contribution is 2.50. The maximum absolute atomic E-state index is 2.52. The Kier molecular flexibility index (Phi) is 23.2. The summed E-state index contributed by atoms with van der Waals surface area (Å²) in [5.74, 6) is 0. The Labute approximate surface area is 570 Å². The van der Waals surface area contributed by atoms with E-state index in [-0.39, 0.29) is 0 Å². The zero-order valence-electron chi connectivity index (χ0n) is 53.1. The molecule has 0 saturated carbocycles. The van der Waals surface area contributed by atoms with Crippen molar-refractivity contribution in [2.45, 2.75) is 169 Å². The van der Waals surface area contributed by atoms with Crippen molar-refractivity contribution >= 4 is 90.7 Å². The van der Waals surface area contributed by atoms with Gasteiger partial charge in [0.2, 0.25) is 0 Å². The molecule has 8 heterocycles. The monoisotopic (exact) mass is 1330 g/mol. The molecule has 0 unspecified atom stereocenters. The summed E-state index contributed by atoms with van der Waals surface area (Å²) >= 11 is 15.8. The second-order valence-corrected chi connectivity index (χ2v) is 32.9. The molecule has 0 saturated heterocycles. The fourth-order valence-corrected chi connectivity index (χ4v) is 22.0. The minimum absolute atomic E-state index is 1.03. The average Bonchev–Trinajstić information content (AvgIpc) is 2.52. The topological polar surface area (TPSA) is 0 Å². The summed E-state index contributed by atoms with van der Waals surface area (Å²) in [4.78, 5) is 22.5. The normalized spacial score (nSPS) is 11.6. The third-order valence-corrected chi connectivity index (χ3v) is 27.9. The number of hydrogen-bond acceptors (Lipinski definition) is 8. The first kappa shape index (κ1) is 64.6. The molecule has 0 N–H and O–H groups in total. The molecule has 0 bridgehead atoms. The first-order chi connectivity index (χ1) is 44.4. The molecule has 0 aliphatic heterocycles. The smallest absolute Gasteiger partial charge is 0.0481 e. The van der Waals surface area contributed by atoms with Crippen molar-refractivity contribution in [1.82, 2.24) is 0 Å². The van der Waals surface area contributed by atoms with Gasteiger partial charge in [-0.15, -0.1) is 90.7 Å². The van der Waals surface area contributed by atoms with E-state index in [1.54, 1.807) is 0 Å². The second kappa shape index (κ2) is 32.4. The molecule has 0 nitrogen and oxygen atoms in total. The lowest BCUT2D eigenvalue weighted by Crippen LogP contribution is -1.91. The van der Waals surface area contributed by atoms with E-state index < -0.39 is 0 Å². The molecular weight excluding hydrogens is 1240 g/mol. The van der Waals surface area contributed by atoms with E-state index in [1.165, 1.54) is 236 Å². The molecule has 462 valence electrons. The van der Waals surface area contributed by atoms with Crippen LogP contribution in [0.25, 0.3) is 100 Å². The minimum atomic E-state index is 1.03. The molecule has 12 aromatic rings. The number of hydrogen-bond donors (Lipinski definition) is 0. The first-order valence-corrected chi connectivity index (χ1v) is 40.2. The van der Waals surface area contributed by atoms with Gasteiger partial charge < -0.3 is 0 Å². The van der Waals surface area contributed by atoms with Crippen LogP contribution in [0.15, 0.2) is 182 Å². The highest BCUT2D eigenvalue weighted by atomic mass is 32.1. The summed E-state index contributed by atoms with van der Waals surface area (Å²) in [6, 6.07) is 70.1. The van der Waals surface area contributed by atoms with Crippen molar-refractivity contribution in [1.29, 1.82) is 0 Å². The van der Waals surface area contributed by atoms with Crippen LogP contribution < -0.4 is 0 Å². The van der Waals surface area contributed by atoms with Crippen molar-refractivity contribution in [3.8, 4) is 100 Å². The van der Waals surface area contributed by atoms with Crippen LogP contribution in [0.1, 0.15) is 164 Å². The van der Waals surface area contributed by atoms with Gasteiger partial charge in [-0.25, -0.2) is 0 Å². The molecule has 8 heteroatoms. The van der Waals surface area contributed by atoms with Crippen LogP contribution in [0.4, 0.5) is 0 Å². The van der Waals surface area contributed by atoms with Crippen LogP contribution in [0.5, 0.6) is 0 Å². The van der Waals surface area contributed by atoms with E-state index in [1.807, 2.05) is 90.7 Å². The highest BCUT2D eigenvalue weighted by Gasteiger charge is 2.21. The molecule has 4 aromatic carbocycles. The zero-order valence-corrected chi connectivity index (χ0v) is 59.7. The Morgan fingerprint density at radius 2 is 0.444 bits per heavy atom. The van der Waals surface area contributed by atoms with Crippen molar-refractivity contribution in [2.75, 3.05) is 0 Å². The predicted molar refractivity (Wildman–Crippen MR) is 409 cm³/mol. The largest absolute Gasteiger partial charge is 0.134 e. The fourth-order valence-electron chi connectivity index (χ4n) is 12.4. The van der Waals surface area contributed by atoms with E-state index in [2.05, 4.69) is 210 Å². The van der Waals surface area contributed by atoms with E-state index in [0.29, 0.717) is 0 Å². The molecule has 12 rings (SSSR count). The highest BCUT2D eigenvalue weighted by molar-refractivity contribution is 7.30. The molecule has 90 heavy (non-hydrogen) atoms. The number of rotatable bonds is 33. The van der Waals surface area contributed by atoms with E-state index in [9.17, 15) is 0 Å². The van der Waals surface area contributed by atoms with Crippen LogP contribution in [0.3, 0.4) is 0 Å². The molecule has 0 spiro atoms. The van der Waals surface area contributed by atoms with Crippen molar-refractivity contribution in [2.24, 2.45) is 0 Å². The molecule has 8 aromatic heterocycles. The molecular formula is C82H86S8. The van der Waals surface area contributed by atoms with E-state index in [4.69, 9.17) is 0 Å². The quantitative estimate of drug-likeness (QED) is 0.0360. The first-order valence-electron chi connectivity index (χ1n) is 33.6. The van der Waals surface area contributed by atoms with Gasteiger partial charge in [0.05, 0.1) is 0 Å². The lowest BCUT2D eigenvalue weighted by atomic mass is 10.0. The Morgan fingerprint density at radius 1 is 0.200 bits per heavy atom. The Bertz CT molecular complexity index is 3850. The van der Waals surface area contributed by atoms with Crippen LogP contribution in [-0.2, 0) is 38.5 Å². The average molecular weight is 1330 g/mol. The zero-order chi connectivity index (χ0) is 61.4. The summed E-state index contributed by atoms with van der Waals surface area (Å²) in [5, 5.41) is 0. The number of aryl methyl sites for hydroxylation is 6. The van der Waals surface area contributed by atoms with Crippen molar-refractivity contribution < 1.29 is 0 Å². The lowest BCUT2D eigenvalue weighted by Gasteiger charge is -2.05. The standard InChI is InChI=1S/C82H86S8/c1-5-9-13-19-31-63-53-75(59-27-23-17-24-28-59)87-79(63)71-49-45-67(83-71)69-47-51-73(85-69)81-65(33-21-15-11-7-3)55-77(89-81)61-41-37-57(38-42-61)35-36-58-39-43-62(44-40-58)78-56-66(34-22-16-12-8-4)82(90-78)74-52-48-70(86-74)68-46-50-72(84-68)80-64(32-20-14-10-6-2)54-76(88-80)60-29-25-18-26-30-60/h17-18,23-30,37-56H,5-16,19-22,31-36H2,1-4H3. The maximum atomic E-state index is 2.52. The third kappa shape index (κ3) is 16.3. The van der Waals surface area contributed by atoms with Gasteiger partial charge in [0.15, 0.2) is 0 Å². The molecule has 0 radical (unpaired) electrons. The summed E-state index contributed by atoms with van der Waals surface area (Å²) in [6.07, 6.45) is 27.1. The molecule has 0 aliphatic rings. The summed E-state index contributed by atoms with van der Waals surface area (Å²) in [5.41, 5.74) is 14.2. The van der Waals surface area contributed by atoms with Gasteiger partial charge in [0.1, 0.15) is 0 Å². The van der Waals surface area contributed by atoms with Gasteiger partial charge in [0, 0.05) is 78.0 Å². The summed E-state index contributed by atoms with van der Waals surface area (Å²) in [7, 11) is 0. The lowest BCUT2D eigenvalue weighted by molar-refractivity contribution is 0.668. The molecule has 0 amide bonds. The Hall–Kier alpha value is -5.52. The van der Waals surface area contributed by atoms with Crippen LogP contribution >= 0.6 is 90.7 Å². The van der Waals surface area contributed by atoms with Crippen LogP contribution in [-0.4, -0.2) is 0 Å². The molecule has 0 fully saturated rings. The second-order valence-electron chi connectivity index (χ2n) is 24.4. The van der Waals surface area contributed by atoms with Crippen molar-refractivity contribution in [3.63, 3.8) is 0 Å². The van der Waals surface area contributed by atoms with Crippen LogP contribution in [0.2, 0.25) is 0 Å². The van der Waals surface area contributed by atoms with Gasteiger partial charge in [-0.1, -0.05) is 214 Å². The van der Waals surface area contributed by atoms with Gasteiger partial charge in [-0.05, 0) is 193 Å². The maximum Gasteiger partial charge on any atom is 0.0481 e. The Balaban J connectivity index is 0.713. The third-order valence-electron chi connectivity index (χ3n) is 17.5. The predicted octanol–water partition coefficient (Wildman–Crippen LogP) is 29.1. The van der Waals surface area contributed by atoms with E-state index >= 15 is 0 Å². The Morgan fingerprint density at radius 3 is 0.700 bits per heavy atom. The summed E-state index contributed by atoms with van der Waals surface area (Å²) < 4.78 is 0. The van der Waals surface area contributed by atoms with Gasteiger partial charge in [-0.2, -0.15) is 0 Å². The van der Waals surface area contributed by atoms with Gasteiger partial charge in [-0.3, -0.25) is 0 Å². The fraction of sp³-hybridized carbons (Fsp3) is 0.317. The van der Waals surface area contributed by atoms with Crippen molar-refractivity contribution in [3.05, 3.63) is 215 Å². The number of unbranched alkanes of at least 4 members (excludes halogenated alkanes) is 12. The summed E-state index contributed by atoms with van der Waals surface area (Å²) in [6.45, 7) is 9.24. The SMILES string of the molecule is CCCCCCc1cc(-c2ccccc2)sc1-c1ccc(-c2ccc(-c3sc(-c4ccc(CCc5ccc(-c6cc(CCCCCC)c(-c7ccc(-c8ccc(-c9sc(-c%10ccccc%10)cc9CCCCCC)s8)s7)s6)cc5)cc4)cc3CCCCCC)s2)s1. The number of benzene rings is 4. The van der Waals surface area contributed by atoms with Crippen LogP contribution in [0, 0.1) is 0 Å². The molecule has 0 atom stereocenters. The van der Waals surface area contributed by atoms with Gasteiger partial charge >= 0.3 is 0 Å². The van der Waals surface area contributed by atoms with Gasteiger partial charge in [0.25, 0.3) is 0 Å². The molecule has 0 aliphatic carbocycles.